The van der Waals surface area contributed by atoms with E-state index in [4.69, 9.17) is 0 Å². The van der Waals surface area contributed by atoms with Gasteiger partial charge in [-0.25, -0.2) is 9.78 Å². The van der Waals surface area contributed by atoms with Crippen LogP contribution >= 0.6 is 0 Å². The van der Waals surface area contributed by atoms with Gasteiger partial charge in [0.1, 0.15) is 5.82 Å². The summed E-state index contributed by atoms with van der Waals surface area (Å²) in [6, 6.07) is 12.7. The minimum atomic E-state index is 0.0264. The molecule has 0 bridgehead atoms. The van der Waals surface area contributed by atoms with E-state index in [1.165, 1.54) is 42.4 Å². The smallest absolute Gasteiger partial charge is 0.317 e. The summed E-state index contributed by atoms with van der Waals surface area (Å²) in [7, 11) is 0. The van der Waals surface area contributed by atoms with Gasteiger partial charge in [0, 0.05) is 32.4 Å². The number of nitrogens with one attached hydrogen (secondary N) is 1. The average molecular weight is 364 g/mol. The van der Waals surface area contributed by atoms with Crippen LogP contribution in [0.15, 0.2) is 42.6 Å². The maximum atomic E-state index is 12.7. The molecule has 1 atom stereocenters. The van der Waals surface area contributed by atoms with Gasteiger partial charge >= 0.3 is 6.03 Å². The molecule has 5 heteroatoms. The van der Waals surface area contributed by atoms with Gasteiger partial charge < -0.3 is 15.1 Å². The standard InChI is InChI=1S/C22H28N4O/c1-17(19-10-9-18-6-2-3-7-20(18)16-19)24-22(27)26-14-12-25(13-15-26)21-8-4-5-11-23-21/h4-5,8-11,16-17H,2-3,6-7,12-15H2,1H3,(H,24,27). The molecular weight excluding hydrogens is 336 g/mol. The van der Waals surface area contributed by atoms with Crippen molar-refractivity contribution >= 4 is 11.8 Å². The normalized spacial score (nSPS) is 18.0. The highest BCUT2D eigenvalue weighted by atomic mass is 16.2. The van der Waals surface area contributed by atoms with Gasteiger partial charge in [-0.3, -0.25) is 0 Å². The summed E-state index contributed by atoms with van der Waals surface area (Å²) >= 11 is 0. The van der Waals surface area contributed by atoms with Crippen molar-refractivity contribution in [3.8, 4) is 0 Å². The van der Waals surface area contributed by atoms with Crippen LogP contribution in [-0.4, -0.2) is 42.1 Å². The third kappa shape index (κ3) is 4.07. The second-order valence-corrected chi connectivity index (χ2v) is 7.57. The van der Waals surface area contributed by atoms with Crippen LogP contribution in [0.1, 0.15) is 42.5 Å². The molecule has 2 aromatic rings. The maximum Gasteiger partial charge on any atom is 0.317 e. The zero-order valence-corrected chi connectivity index (χ0v) is 16.0. The summed E-state index contributed by atoms with van der Waals surface area (Å²) in [6.07, 6.45) is 6.74. The van der Waals surface area contributed by atoms with E-state index in [-0.39, 0.29) is 12.1 Å². The Morgan fingerprint density at radius 2 is 1.81 bits per heavy atom. The van der Waals surface area contributed by atoms with E-state index in [1.807, 2.05) is 29.3 Å². The van der Waals surface area contributed by atoms with Crippen LogP contribution in [-0.2, 0) is 12.8 Å². The lowest BCUT2D eigenvalue weighted by atomic mass is 9.89. The van der Waals surface area contributed by atoms with Gasteiger partial charge in [-0.1, -0.05) is 24.3 Å². The van der Waals surface area contributed by atoms with E-state index in [9.17, 15) is 4.79 Å². The molecule has 1 saturated heterocycles. The minimum absolute atomic E-state index is 0.0264. The molecule has 2 heterocycles. The molecule has 5 nitrogen and oxygen atoms in total. The second-order valence-electron chi connectivity index (χ2n) is 7.57. The molecule has 0 saturated carbocycles. The maximum absolute atomic E-state index is 12.7. The number of benzene rings is 1. The summed E-state index contributed by atoms with van der Waals surface area (Å²) in [5.41, 5.74) is 4.15. The molecule has 0 radical (unpaired) electrons. The molecule has 1 unspecified atom stereocenters. The Morgan fingerprint density at radius 3 is 2.56 bits per heavy atom. The first kappa shape index (κ1) is 17.8. The lowest BCUT2D eigenvalue weighted by Crippen LogP contribution is -2.52. The summed E-state index contributed by atoms with van der Waals surface area (Å²) in [4.78, 5) is 21.2. The topological polar surface area (TPSA) is 48.5 Å². The van der Waals surface area contributed by atoms with Crippen LogP contribution < -0.4 is 10.2 Å². The van der Waals surface area contributed by atoms with E-state index >= 15 is 0 Å². The summed E-state index contributed by atoms with van der Waals surface area (Å²) in [6.45, 7) is 5.15. The van der Waals surface area contributed by atoms with Gasteiger partial charge in [0.25, 0.3) is 0 Å². The minimum Gasteiger partial charge on any atom is -0.353 e. The van der Waals surface area contributed by atoms with Crippen molar-refractivity contribution in [3.63, 3.8) is 0 Å². The molecule has 2 aliphatic rings. The highest BCUT2D eigenvalue weighted by molar-refractivity contribution is 5.75. The SMILES string of the molecule is CC(NC(=O)N1CCN(c2ccccn2)CC1)c1ccc2c(c1)CCCC2. The van der Waals surface area contributed by atoms with E-state index in [2.05, 4.69) is 40.3 Å². The Hall–Kier alpha value is -2.56. The lowest BCUT2D eigenvalue weighted by molar-refractivity contribution is 0.191. The predicted molar refractivity (Wildman–Crippen MR) is 108 cm³/mol. The average Bonchev–Trinajstić information content (AvgIpc) is 2.74. The van der Waals surface area contributed by atoms with Gasteiger partial charge in [-0.2, -0.15) is 0 Å². The Morgan fingerprint density at radius 1 is 1.04 bits per heavy atom. The van der Waals surface area contributed by atoms with Gasteiger partial charge in [-0.05, 0) is 61.4 Å². The fourth-order valence-electron chi connectivity index (χ4n) is 4.06. The van der Waals surface area contributed by atoms with Crippen molar-refractivity contribution in [2.45, 2.75) is 38.6 Å². The number of carbonyl (C=O) groups is 1. The number of rotatable bonds is 3. The van der Waals surface area contributed by atoms with Crippen molar-refractivity contribution in [2.24, 2.45) is 0 Å². The molecule has 1 N–H and O–H groups in total. The zero-order valence-electron chi connectivity index (χ0n) is 16.0. The van der Waals surface area contributed by atoms with E-state index < -0.39 is 0 Å². The molecule has 2 amide bonds. The summed E-state index contributed by atoms with van der Waals surface area (Å²) in [5, 5.41) is 3.18. The fourth-order valence-corrected chi connectivity index (χ4v) is 4.06. The number of fused-ring (bicyclic) bond motifs is 1. The van der Waals surface area contributed by atoms with Gasteiger partial charge in [0.15, 0.2) is 0 Å². The van der Waals surface area contributed by atoms with E-state index in [0.717, 1.165) is 32.0 Å². The lowest BCUT2D eigenvalue weighted by Gasteiger charge is -2.36. The molecule has 0 spiro atoms. The molecule has 142 valence electrons. The number of urea groups is 1. The monoisotopic (exact) mass is 364 g/mol. The molecule has 27 heavy (non-hydrogen) atoms. The Balaban J connectivity index is 1.33. The van der Waals surface area contributed by atoms with Crippen LogP contribution in [0.5, 0.6) is 0 Å². The van der Waals surface area contributed by atoms with Crippen LogP contribution in [0.3, 0.4) is 0 Å². The number of carbonyl (C=O) groups excluding carboxylic acids is 1. The first-order chi connectivity index (χ1) is 13.2. The Labute approximate surface area is 161 Å². The number of hydrogen-bond donors (Lipinski definition) is 1. The molecule has 1 fully saturated rings. The van der Waals surface area contributed by atoms with Crippen LogP contribution in [0.25, 0.3) is 0 Å². The van der Waals surface area contributed by atoms with E-state index in [1.54, 1.807) is 0 Å². The first-order valence-electron chi connectivity index (χ1n) is 10.0. The fraction of sp³-hybridized carbons (Fsp3) is 0.455. The highest BCUT2D eigenvalue weighted by Gasteiger charge is 2.23. The van der Waals surface area contributed by atoms with Crippen LogP contribution in [0, 0.1) is 0 Å². The largest absolute Gasteiger partial charge is 0.353 e. The van der Waals surface area contributed by atoms with Crippen molar-refractivity contribution in [3.05, 3.63) is 59.3 Å². The van der Waals surface area contributed by atoms with Crippen molar-refractivity contribution in [1.82, 2.24) is 15.2 Å². The molecule has 1 aliphatic heterocycles. The third-order valence-corrected chi connectivity index (χ3v) is 5.75. The van der Waals surface area contributed by atoms with Crippen LogP contribution in [0.2, 0.25) is 0 Å². The quantitative estimate of drug-likeness (QED) is 0.906. The second kappa shape index (κ2) is 7.99. The van der Waals surface area contributed by atoms with Crippen molar-refractivity contribution in [1.29, 1.82) is 0 Å². The number of piperazine rings is 1. The number of amides is 2. The number of aryl methyl sites for hydroxylation is 2. The van der Waals surface area contributed by atoms with Crippen LogP contribution in [0.4, 0.5) is 10.6 Å². The van der Waals surface area contributed by atoms with Gasteiger partial charge in [0.2, 0.25) is 0 Å². The van der Waals surface area contributed by atoms with Crippen molar-refractivity contribution in [2.75, 3.05) is 31.1 Å². The molecular formula is C22H28N4O. The highest BCUT2D eigenvalue weighted by Crippen LogP contribution is 2.25. The number of pyridine rings is 1. The molecule has 1 aromatic carbocycles. The number of hydrogen-bond acceptors (Lipinski definition) is 3. The molecule has 1 aliphatic carbocycles. The van der Waals surface area contributed by atoms with Crippen molar-refractivity contribution < 1.29 is 4.79 Å². The summed E-state index contributed by atoms with van der Waals surface area (Å²) in [5.74, 6) is 0.986. The molecule has 4 rings (SSSR count). The number of nitrogens with zero attached hydrogens (tertiary/aromatic N) is 3. The Kier molecular flexibility index (Phi) is 5.28. The number of anilines is 1. The Bertz CT molecular complexity index is 784. The summed E-state index contributed by atoms with van der Waals surface area (Å²) < 4.78 is 0. The first-order valence-corrected chi connectivity index (χ1v) is 10.0. The van der Waals surface area contributed by atoms with Gasteiger partial charge in [-0.15, -0.1) is 0 Å². The zero-order chi connectivity index (χ0) is 18.6. The number of aromatic nitrogens is 1. The van der Waals surface area contributed by atoms with E-state index in [0.29, 0.717) is 0 Å². The predicted octanol–water partition coefficient (Wildman–Crippen LogP) is 3.55. The third-order valence-electron chi connectivity index (χ3n) is 5.75. The molecule has 1 aromatic heterocycles. The van der Waals surface area contributed by atoms with Gasteiger partial charge in [0.05, 0.1) is 6.04 Å².